The summed E-state index contributed by atoms with van der Waals surface area (Å²) in [6.45, 7) is 3.51. The van der Waals surface area contributed by atoms with E-state index in [9.17, 15) is 9.59 Å². The zero-order valence-corrected chi connectivity index (χ0v) is 13.0. The highest BCUT2D eigenvalue weighted by molar-refractivity contribution is 6.40. The van der Waals surface area contributed by atoms with Crippen LogP contribution in [0.1, 0.15) is 13.3 Å². The van der Waals surface area contributed by atoms with Crippen molar-refractivity contribution in [1.29, 1.82) is 0 Å². The number of morpholine rings is 1. The van der Waals surface area contributed by atoms with E-state index < -0.39 is 11.9 Å². The van der Waals surface area contributed by atoms with E-state index in [1.165, 1.54) is 0 Å². The lowest BCUT2D eigenvalue weighted by atomic mass is 10.1. The number of para-hydroxylation sites is 1. The third-order valence-corrected chi connectivity index (χ3v) is 4.03. The quantitative estimate of drug-likeness (QED) is 0.872. The number of hydrazone groups is 1. The molecule has 1 saturated heterocycles. The summed E-state index contributed by atoms with van der Waals surface area (Å²) < 4.78 is 5.45. The second-order valence-corrected chi connectivity index (χ2v) is 5.78. The Morgan fingerprint density at radius 2 is 2.04 bits per heavy atom. The molecule has 0 bridgehead atoms. The summed E-state index contributed by atoms with van der Waals surface area (Å²) in [5.41, 5.74) is 6.60. The van der Waals surface area contributed by atoms with Gasteiger partial charge in [0.1, 0.15) is 11.8 Å². The highest BCUT2D eigenvalue weighted by Crippen LogP contribution is 2.25. The molecule has 1 aromatic carbocycles. The molecule has 23 heavy (non-hydrogen) atoms. The molecule has 3 rings (SSSR count). The van der Waals surface area contributed by atoms with Crippen LogP contribution >= 0.6 is 0 Å². The van der Waals surface area contributed by atoms with Gasteiger partial charge >= 0.3 is 0 Å². The number of rotatable bonds is 3. The summed E-state index contributed by atoms with van der Waals surface area (Å²) in [6, 6.07) is 8.63. The zero-order chi connectivity index (χ0) is 16.4. The molecule has 2 aliphatic rings. The van der Waals surface area contributed by atoms with Gasteiger partial charge in [-0.15, -0.1) is 0 Å². The van der Waals surface area contributed by atoms with Gasteiger partial charge in [-0.3, -0.25) is 14.6 Å². The summed E-state index contributed by atoms with van der Waals surface area (Å²) in [4.78, 5) is 26.1. The summed E-state index contributed by atoms with van der Waals surface area (Å²) in [5.74, 6) is -0.638. The second-order valence-electron chi connectivity index (χ2n) is 5.78. The maximum absolute atomic E-state index is 12.7. The van der Waals surface area contributed by atoms with Gasteiger partial charge in [0.25, 0.3) is 5.91 Å². The standard InChI is InChI=1S/C16H20N4O3/c1-11-10-19(7-8-23-11)16(22)13-9-14(15(17)21)20(18-13)12-5-3-2-4-6-12/h2-6,11,14H,7-10H2,1H3,(H2,17,21). The molecule has 0 aliphatic carbocycles. The van der Waals surface area contributed by atoms with E-state index in [1.807, 2.05) is 37.3 Å². The van der Waals surface area contributed by atoms with Gasteiger partial charge in [-0.1, -0.05) is 18.2 Å². The summed E-state index contributed by atoms with van der Waals surface area (Å²) in [5, 5.41) is 5.92. The van der Waals surface area contributed by atoms with E-state index >= 15 is 0 Å². The molecule has 1 fully saturated rings. The van der Waals surface area contributed by atoms with Crippen LogP contribution in [-0.4, -0.2) is 54.3 Å². The minimum absolute atomic E-state index is 0.00636. The molecule has 1 aromatic rings. The van der Waals surface area contributed by atoms with E-state index in [0.717, 1.165) is 5.69 Å². The molecule has 0 saturated carbocycles. The first kappa shape index (κ1) is 15.5. The zero-order valence-electron chi connectivity index (χ0n) is 13.0. The normalized spacial score (nSPS) is 24.5. The van der Waals surface area contributed by atoms with Crippen LogP contribution in [0.3, 0.4) is 0 Å². The van der Waals surface area contributed by atoms with Gasteiger partial charge in [-0.25, -0.2) is 0 Å². The molecule has 122 valence electrons. The van der Waals surface area contributed by atoms with Crippen molar-refractivity contribution in [3.8, 4) is 0 Å². The van der Waals surface area contributed by atoms with E-state index in [4.69, 9.17) is 10.5 Å². The number of anilines is 1. The molecule has 0 spiro atoms. The molecule has 2 N–H and O–H groups in total. The first-order valence-corrected chi connectivity index (χ1v) is 7.68. The average molecular weight is 316 g/mol. The van der Waals surface area contributed by atoms with E-state index in [1.54, 1.807) is 9.91 Å². The van der Waals surface area contributed by atoms with Crippen LogP contribution in [0.5, 0.6) is 0 Å². The lowest BCUT2D eigenvalue weighted by Gasteiger charge is -2.30. The number of hydrogen-bond donors (Lipinski definition) is 1. The van der Waals surface area contributed by atoms with Gasteiger partial charge in [0, 0.05) is 19.5 Å². The maximum Gasteiger partial charge on any atom is 0.270 e. The average Bonchev–Trinajstić information content (AvgIpc) is 3.00. The molecule has 2 unspecified atom stereocenters. The number of carbonyl (C=O) groups is 2. The number of ether oxygens (including phenoxy) is 1. The van der Waals surface area contributed by atoms with Crippen LogP contribution in [0.15, 0.2) is 35.4 Å². The first-order valence-electron chi connectivity index (χ1n) is 7.68. The Morgan fingerprint density at radius 1 is 1.30 bits per heavy atom. The van der Waals surface area contributed by atoms with Crippen molar-refractivity contribution < 1.29 is 14.3 Å². The van der Waals surface area contributed by atoms with Gasteiger partial charge in [0.05, 0.1) is 18.4 Å². The number of primary amides is 1. The van der Waals surface area contributed by atoms with Gasteiger partial charge in [0.2, 0.25) is 5.91 Å². The van der Waals surface area contributed by atoms with Crippen molar-refractivity contribution in [1.82, 2.24) is 4.90 Å². The predicted molar refractivity (Wildman–Crippen MR) is 85.9 cm³/mol. The number of hydrogen-bond acceptors (Lipinski definition) is 5. The van der Waals surface area contributed by atoms with Crippen LogP contribution in [0.2, 0.25) is 0 Å². The molecule has 2 atom stereocenters. The van der Waals surface area contributed by atoms with Crippen molar-refractivity contribution in [3.05, 3.63) is 30.3 Å². The molecule has 7 nitrogen and oxygen atoms in total. The van der Waals surface area contributed by atoms with E-state index in [0.29, 0.717) is 25.4 Å². The Hall–Kier alpha value is -2.41. The Bertz CT molecular complexity index is 631. The van der Waals surface area contributed by atoms with Crippen molar-refractivity contribution in [2.24, 2.45) is 10.8 Å². The molecular weight excluding hydrogens is 296 g/mol. The topological polar surface area (TPSA) is 88.2 Å². The molecule has 0 aromatic heterocycles. The predicted octanol–water partition coefficient (Wildman–Crippen LogP) is 0.354. The van der Waals surface area contributed by atoms with Crippen LogP contribution in [0.4, 0.5) is 5.69 Å². The number of carbonyl (C=O) groups excluding carboxylic acids is 2. The van der Waals surface area contributed by atoms with Crippen LogP contribution in [-0.2, 0) is 14.3 Å². The van der Waals surface area contributed by atoms with Crippen molar-refractivity contribution in [2.45, 2.75) is 25.5 Å². The van der Waals surface area contributed by atoms with Crippen molar-refractivity contribution in [3.63, 3.8) is 0 Å². The second kappa shape index (κ2) is 6.37. The fourth-order valence-electron chi connectivity index (χ4n) is 2.87. The van der Waals surface area contributed by atoms with E-state index in [-0.39, 0.29) is 18.4 Å². The van der Waals surface area contributed by atoms with E-state index in [2.05, 4.69) is 5.10 Å². The third kappa shape index (κ3) is 3.19. The number of nitrogens with zero attached hydrogens (tertiary/aromatic N) is 3. The SMILES string of the molecule is CC1CN(C(=O)C2=NN(c3ccccc3)C(C(N)=O)C2)CCO1. The minimum atomic E-state index is -0.630. The largest absolute Gasteiger partial charge is 0.375 e. The molecule has 2 amide bonds. The Morgan fingerprint density at radius 3 is 2.70 bits per heavy atom. The van der Waals surface area contributed by atoms with Crippen molar-refractivity contribution in [2.75, 3.05) is 24.7 Å². The van der Waals surface area contributed by atoms with Crippen molar-refractivity contribution >= 4 is 23.2 Å². The third-order valence-electron chi connectivity index (χ3n) is 4.03. The van der Waals surface area contributed by atoms with Crippen LogP contribution in [0.25, 0.3) is 0 Å². The Balaban J connectivity index is 1.82. The highest BCUT2D eigenvalue weighted by atomic mass is 16.5. The molecule has 2 heterocycles. The Kier molecular flexibility index (Phi) is 4.29. The van der Waals surface area contributed by atoms with Gasteiger partial charge in [-0.05, 0) is 19.1 Å². The van der Waals surface area contributed by atoms with Gasteiger partial charge in [-0.2, -0.15) is 5.10 Å². The fourth-order valence-corrected chi connectivity index (χ4v) is 2.87. The lowest BCUT2D eigenvalue weighted by Crippen LogP contribution is -2.47. The monoisotopic (exact) mass is 316 g/mol. The molecule has 7 heteroatoms. The van der Waals surface area contributed by atoms with Crippen LogP contribution < -0.4 is 10.7 Å². The molecular formula is C16H20N4O3. The number of benzene rings is 1. The molecule has 0 radical (unpaired) electrons. The minimum Gasteiger partial charge on any atom is -0.375 e. The number of nitrogens with two attached hydrogens (primary N) is 1. The Labute approximate surface area is 134 Å². The highest BCUT2D eigenvalue weighted by Gasteiger charge is 2.37. The van der Waals surface area contributed by atoms with Gasteiger partial charge < -0.3 is 15.4 Å². The number of amides is 2. The molecule has 2 aliphatic heterocycles. The maximum atomic E-state index is 12.7. The van der Waals surface area contributed by atoms with Crippen LogP contribution in [0, 0.1) is 0 Å². The summed E-state index contributed by atoms with van der Waals surface area (Å²) in [6.07, 6.45) is 0.237. The smallest absolute Gasteiger partial charge is 0.270 e. The lowest BCUT2D eigenvalue weighted by molar-refractivity contribution is -0.130. The van der Waals surface area contributed by atoms with Gasteiger partial charge in [0.15, 0.2) is 0 Å². The summed E-state index contributed by atoms with van der Waals surface area (Å²) in [7, 11) is 0. The first-order chi connectivity index (χ1) is 11.1. The summed E-state index contributed by atoms with van der Waals surface area (Å²) >= 11 is 0. The fraction of sp³-hybridized carbons (Fsp3) is 0.438.